The van der Waals surface area contributed by atoms with Crippen LogP contribution in [0.5, 0.6) is 23.0 Å². The number of likely N-dealkylation sites (tertiary alicyclic amines) is 1. The first kappa shape index (κ1) is 58.1. The zero-order valence-electron chi connectivity index (χ0n) is 48.4. The van der Waals surface area contributed by atoms with Crippen molar-refractivity contribution in [2.45, 2.75) is 129 Å². The van der Waals surface area contributed by atoms with Crippen molar-refractivity contribution in [3.05, 3.63) is 144 Å². The number of carbonyl (C=O) groups is 2. The van der Waals surface area contributed by atoms with Crippen LogP contribution in [0.25, 0.3) is 10.8 Å². The highest BCUT2D eigenvalue weighted by Crippen LogP contribution is 2.65. The van der Waals surface area contributed by atoms with Gasteiger partial charge in [0.05, 0.1) is 48.1 Å². The summed E-state index contributed by atoms with van der Waals surface area (Å²) in [6, 6.07) is 40.9. The molecule has 4 aliphatic carbocycles. The summed E-state index contributed by atoms with van der Waals surface area (Å²) in [6.45, 7) is 7.84. The van der Waals surface area contributed by atoms with Crippen LogP contribution in [0.15, 0.2) is 131 Å². The Morgan fingerprint density at radius 2 is 1.47 bits per heavy atom. The van der Waals surface area contributed by atoms with Crippen molar-refractivity contribution < 1.29 is 44.2 Å². The fourth-order valence-corrected chi connectivity index (χ4v) is 14.7. The molecule has 7 aliphatic rings. The highest BCUT2D eigenvalue weighted by Gasteiger charge is 2.73. The third-order valence-corrected chi connectivity index (χ3v) is 19.7. The fourth-order valence-electron chi connectivity index (χ4n) is 13.6. The minimum atomic E-state index is -0.940. The van der Waals surface area contributed by atoms with Gasteiger partial charge in [0.2, 0.25) is 0 Å². The maximum atomic E-state index is 12.7. The van der Waals surface area contributed by atoms with Crippen LogP contribution in [-0.2, 0) is 27.0 Å². The number of carboxylic acid groups (broad SMARTS) is 1. The van der Waals surface area contributed by atoms with E-state index in [4.69, 9.17) is 19.3 Å². The average molecular weight is 1120 g/mol. The summed E-state index contributed by atoms with van der Waals surface area (Å²) in [6.07, 6.45) is 8.57. The van der Waals surface area contributed by atoms with Crippen LogP contribution in [0, 0.1) is 11.8 Å². The summed E-state index contributed by atoms with van der Waals surface area (Å²) in [5.41, 5.74) is 4.20. The van der Waals surface area contributed by atoms with E-state index in [9.17, 15) is 24.9 Å². The largest absolute Gasteiger partial charge is 0.504 e. The number of Topliss-reactive ketones (excluding diaryl/α,β-unsaturated/α-hetero) is 1. The number of piperidine rings is 1. The number of rotatable bonds is 12. The number of phenols is 1. The molecule has 13 nitrogen and oxygen atoms in total. The van der Waals surface area contributed by atoms with E-state index < -0.39 is 34.6 Å². The number of phenolic OH excluding ortho intramolecular Hbond substituents is 1. The van der Waals surface area contributed by atoms with E-state index in [-0.39, 0.29) is 17.6 Å². The van der Waals surface area contributed by atoms with Crippen LogP contribution in [0.4, 0.5) is 11.4 Å². The lowest BCUT2D eigenvalue weighted by molar-refractivity contribution is -0.188. The molecule has 2 bridgehead atoms. The van der Waals surface area contributed by atoms with E-state index in [1.165, 1.54) is 40.4 Å². The molecule has 8 atom stereocenters. The van der Waals surface area contributed by atoms with Gasteiger partial charge in [-0.2, -0.15) is 0 Å². The number of aliphatic carboxylic acids is 1. The Hall–Kier alpha value is -6.13. The number of anilines is 2. The highest BCUT2D eigenvalue weighted by molar-refractivity contribution is 7.99. The molecule has 1 unspecified atom stereocenters. The third-order valence-electron chi connectivity index (χ3n) is 18.6. The Labute approximate surface area is 482 Å². The molecular formula is C67H82N4O9S. The lowest BCUT2D eigenvalue weighted by Gasteiger charge is -2.62. The number of nitrogens with zero attached hydrogens (tertiary/aromatic N) is 4. The highest BCUT2D eigenvalue weighted by atomic mass is 32.2. The number of fused-ring (bicyclic) bond motifs is 3. The van der Waals surface area contributed by atoms with Crippen molar-refractivity contribution in [2.75, 3.05) is 73.5 Å². The number of carboxylic acids is 1. The van der Waals surface area contributed by atoms with E-state index in [0.29, 0.717) is 30.6 Å². The van der Waals surface area contributed by atoms with Gasteiger partial charge in [0.25, 0.3) is 0 Å². The van der Waals surface area contributed by atoms with Crippen molar-refractivity contribution in [2.24, 2.45) is 11.8 Å². The molecule has 6 aromatic rings. The zero-order chi connectivity index (χ0) is 57.4. The lowest BCUT2D eigenvalue weighted by Crippen LogP contribution is -2.76. The Morgan fingerprint density at radius 3 is 2.14 bits per heavy atom. The third kappa shape index (κ3) is 11.4. The SMILES string of the molecule is CC(CN1c2ccccc2Sc2ccccc21)N(C)C.COc1ccc2cc([C@H](C)C(=O)O)ccc2c1.COc1cccc([C@@]2(O)CCCC[C@@H]2CN(C)C)c1.O=C1CC[C@@]2(O)[C@H]3Cc4ccc(O)c5c4[C@@]2(CCN3CC2CC2)[C@H]1O5. The van der Waals surface area contributed by atoms with Gasteiger partial charge in [-0.3, -0.25) is 14.5 Å². The second-order valence-corrected chi connectivity index (χ2v) is 25.2. The first-order valence-electron chi connectivity index (χ1n) is 29.0. The quantitative estimate of drug-likeness (QED) is 0.0918. The van der Waals surface area contributed by atoms with Crippen molar-refractivity contribution in [1.29, 1.82) is 0 Å². The van der Waals surface area contributed by atoms with Crippen LogP contribution in [-0.4, -0.2) is 139 Å². The van der Waals surface area contributed by atoms with Crippen LogP contribution in [0.1, 0.15) is 99.8 Å². The summed E-state index contributed by atoms with van der Waals surface area (Å²) < 4.78 is 16.5. The predicted octanol–water partition coefficient (Wildman–Crippen LogP) is 11.4. The maximum Gasteiger partial charge on any atom is 0.310 e. The lowest BCUT2D eigenvalue weighted by atomic mass is 9.49. The summed E-state index contributed by atoms with van der Waals surface area (Å²) in [7, 11) is 11.7. The molecule has 4 N–H and O–H groups in total. The van der Waals surface area contributed by atoms with Gasteiger partial charge in [-0.25, -0.2) is 0 Å². The van der Waals surface area contributed by atoms with Gasteiger partial charge in [0, 0.05) is 59.4 Å². The van der Waals surface area contributed by atoms with Crippen LogP contribution in [0.2, 0.25) is 0 Å². The molecule has 81 heavy (non-hydrogen) atoms. The molecule has 14 heteroatoms. The van der Waals surface area contributed by atoms with Crippen LogP contribution in [0.3, 0.4) is 0 Å². The molecule has 430 valence electrons. The summed E-state index contributed by atoms with van der Waals surface area (Å²) >= 11 is 1.87. The van der Waals surface area contributed by atoms with Crippen LogP contribution < -0.4 is 19.1 Å². The second kappa shape index (κ2) is 24.0. The van der Waals surface area contributed by atoms with Gasteiger partial charge in [-0.1, -0.05) is 91.3 Å². The Balaban J connectivity index is 0.000000123. The Morgan fingerprint density at radius 1 is 0.790 bits per heavy atom. The number of carbonyl (C=O) groups excluding carboxylic acids is 1. The number of methoxy groups -OCH3 is 2. The van der Waals surface area contributed by atoms with E-state index in [1.54, 1.807) is 27.2 Å². The topological polar surface area (TPSA) is 156 Å². The van der Waals surface area contributed by atoms with Crippen molar-refractivity contribution in [3.8, 4) is 23.0 Å². The molecular weight excluding hydrogens is 1040 g/mol. The standard InChI is InChI=1S/C20H23NO4.C17H20N2S.C16H25NO2.C14H14O3/c22-13-4-3-12-9-15-20(24)6-5-14(23)18-19(20,16(12)17(13)25-18)7-8-21(15)10-11-1-2-11;1-13(18(2)3)12-19-14-8-4-6-10-16(14)20-17-11-7-5-9-15(17)19;1-17(2)12-14-7-4-5-10-16(14,18)13-8-6-9-15(11-13)19-3;1-9(14(15)16)10-3-4-12-8-13(17-2)6-5-11(12)7-10/h3-4,11,15,18,22,24H,1-2,5-10H2;4-11,13H,12H2,1-3H3;6,8-9,11,14,18H,4-5,7,10,12H2,1-3H3;3-9H,1-2H3,(H,15,16)/t15-,18+,19+,20-;;14-,16+;9-/m1.10/s1. The molecule has 3 heterocycles. The molecule has 3 aliphatic heterocycles. The first-order valence-corrected chi connectivity index (χ1v) is 29.8. The van der Waals surface area contributed by atoms with E-state index in [2.05, 4.69) is 103 Å². The van der Waals surface area contributed by atoms with Gasteiger partial charge in [-0.15, -0.1) is 0 Å². The van der Waals surface area contributed by atoms with Crippen molar-refractivity contribution in [1.82, 2.24) is 14.7 Å². The van der Waals surface area contributed by atoms with Crippen molar-refractivity contribution in [3.63, 3.8) is 0 Å². The zero-order valence-corrected chi connectivity index (χ0v) is 49.3. The van der Waals surface area contributed by atoms with E-state index >= 15 is 0 Å². The number of aromatic hydroxyl groups is 1. The molecule has 13 rings (SSSR count). The van der Waals surface area contributed by atoms with Gasteiger partial charge in [0.1, 0.15) is 11.5 Å². The minimum absolute atomic E-state index is 0.0454. The Bertz CT molecular complexity index is 3190. The first-order chi connectivity index (χ1) is 38.9. The number of likely N-dealkylation sites (N-methyl/N-ethyl adjacent to an activating group) is 1. The van der Waals surface area contributed by atoms with Gasteiger partial charge in [0.15, 0.2) is 23.4 Å². The Kier molecular flexibility index (Phi) is 17.2. The summed E-state index contributed by atoms with van der Waals surface area (Å²) in [5, 5.41) is 44.5. The fraction of sp³-hybridized carbons (Fsp3) is 0.463. The van der Waals surface area contributed by atoms with Crippen LogP contribution >= 0.6 is 11.8 Å². The minimum Gasteiger partial charge on any atom is -0.504 e. The molecule has 1 spiro atoms. The number of ether oxygens (including phenoxy) is 3. The summed E-state index contributed by atoms with van der Waals surface area (Å²) in [4.78, 5) is 35.7. The monoisotopic (exact) mass is 1120 g/mol. The maximum absolute atomic E-state index is 12.7. The number of benzene rings is 6. The molecule has 0 amide bonds. The molecule has 0 aromatic heterocycles. The molecule has 0 radical (unpaired) electrons. The van der Waals surface area contributed by atoms with E-state index in [1.807, 2.05) is 78.5 Å². The molecule has 1 saturated heterocycles. The normalized spacial score (nSPS) is 25.5. The molecule has 4 fully saturated rings. The number of hydrogen-bond donors (Lipinski definition) is 4. The smallest absolute Gasteiger partial charge is 0.310 e. The number of hydrogen-bond acceptors (Lipinski definition) is 13. The number of ketones is 1. The predicted molar refractivity (Wildman–Crippen MR) is 321 cm³/mol. The van der Waals surface area contributed by atoms with E-state index in [0.717, 1.165) is 109 Å². The second-order valence-electron chi connectivity index (χ2n) is 24.1. The molecule has 6 aromatic carbocycles. The van der Waals surface area contributed by atoms with Gasteiger partial charge < -0.3 is 49.3 Å². The summed E-state index contributed by atoms with van der Waals surface area (Å²) in [5.74, 6) is 2.01. The van der Waals surface area contributed by atoms with Crippen molar-refractivity contribution >= 4 is 45.7 Å². The number of aliphatic hydroxyl groups is 2. The van der Waals surface area contributed by atoms with Gasteiger partial charge >= 0.3 is 5.97 Å². The average Bonchev–Trinajstić information content (AvgIpc) is 4.44. The molecule has 3 saturated carbocycles. The number of para-hydroxylation sites is 2. The van der Waals surface area contributed by atoms with Gasteiger partial charge in [-0.05, 0) is 182 Å².